The summed E-state index contributed by atoms with van der Waals surface area (Å²) in [5, 5.41) is 0. The summed E-state index contributed by atoms with van der Waals surface area (Å²) in [6.45, 7) is 17.2. The highest BCUT2D eigenvalue weighted by Crippen LogP contribution is 2.60. The Labute approximate surface area is 121 Å². The Bertz CT molecular complexity index is 377. The fourth-order valence-electron chi connectivity index (χ4n) is 5.07. The molecule has 0 heteroatoms. The molecule has 0 aromatic carbocycles. The molecular weight excluding hydrogens is 228 g/mol. The molecule has 2 rings (SSSR count). The van der Waals surface area contributed by atoms with Crippen LogP contribution in [-0.2, 0) is 0 Å². The predicted molar refractivity (Wildman–Crippen MR) is 85.2 cm³/mol. The van der Waals surface area contributed by atoms with Crippen LogP contribution < -0.4 is 0 Å². The average molecular weight is 262 g/mol. The van der Waals surface area contributed by atoms with Crippen LogP contribution in [-0.4, -0.2) is 0 Å². The summed E-state index contributed by atoms with van der Waals surface area (Å²) >= 11 is 0. The van der Waals surface area contributed by atoms with Gasteiger partial charge >= 0.3 is 0 Å². The molecule has 0 aliphatic heterocycles. The number of hydrogen-bond acceptors (Lipinski definition) is 0. The van der Waals surface area contributed by atoms with Gasteiger partial charge in [0.2, 0.25) is 0 Å². The zero-order chi connectivity index (χ0) is 14.5. The van der Waals surface area contributed by atoms with E-state index in [1.54, 1.807) is 5.57 Å². The fourth-order valence-corrected chi connectivity index (χ4v) is 5.07. The van der Waals surface area contributed by atoms with Gasteiger partial charge in [-0.25, -0.2) is 0 Å². The average Bonchev–Trinajstić information content (AvgIpc) is 2.21. The molecule has 0 aromatic heterocycles. The first-order valence-electron chi connectivity index (χ1n) is 8.25. The van der Waals surface area contributed by atoms with Gasteiger partial charge in [-0.15, -0.1) is 0 Å². The van der Waals surface area contributed by atoms with Crippen LogP contribution in [0.2, 0.25) is 0 Å². The first-order valence-corrected chi connectivity index (χ1v) is 8.25. The van der Waals surface area contributed by atoms with Gasteiger partial charge in [-0.05, 0) is 61.2 Å². The Morgan fingerprint density at radius 3 is 2.32 bits per heavy atom. The molecule has 2 atom stereocenters. The van der Waals surface area contributed by atoms with Crippen molar-refractivity contribution in [2.45, 2.75) is 87.0 Å². The van der Waals surface area contributed by atoms with Crippen molar-refractivity contribution in [3.05, 3.63) is 11.1 Å². The number of fused-ring (bicyclic) bond motifs is 1. The van der Waals surface area contributed by atoms with Crippen LogP contribution >= 0.6 is 0 Å². The summed E-state index contributed by atoms with van der Waals surface area (Å²) in [5.74, 6) is 0.898. The van der Waals surface area contributed by atoms with Crippen LogP contribution in [0.15, 0.2) is 11.1 Å². The van der Waals surface area contributed by atoms with E-state index in [1.807, 2.05) is 5.57 Å². The van der Waals surface area contributed by atoms with Crippen molar-refractivity contribution in [1.82, 2.24) is 0 Å². The topological polar surface area (TPSA) is 0 Å². The number of hydrogen-bond donors (Lipinski definition) is 0. The lowest BCUT2D eigenvalue weighted by Gasteiger charge is -2.56. The third-order valence-corrected chi connectivity index (χ3v) is 5.95. The molecule has 0 nitrogen and oxygen atoms in total. The first kappa shape index (κ1) is 15.1. The van der Waals surface area contributed by atoms with Gasteiger partial charge in [-0.2, -0.15) is 0 Å². The molecule has 1 fully saturated rings. The molecule has 0 amide bonds. The molecule has 0 N–H and O–H groups in total. The number of allylic oxidation sites excluding steroid dienone is 2. The third-order valence-electron chi connectivity index (χ3n) is 5.95. The highest BCUT2D eigenvalue weighted by Gasteiger charge is 2.50. The molecular formula is C19H34. The van der Waals surface area contributed by atoms with Crippen LogP contribution in [0.3, 0.4) is 0 Å². The van der Waals surface area contributed by atoms with E-state index in [0.717, 1.165) is 5.92 Å². The van der Waals surface area contributed by atoms with Gasteiger partial charge in [-0.3, -0.25) is 0 Å². The van der Waals surface area contributed by atoms with E-state index in [4.69, 9.17) is 0 Å². The van der Waals surface area contributed by atoms with Crippen LogP contribution in [0.5, 0.6) is 0 Å². The van der Waals surface area contributed by atoms with Crippen LogP contribution in [0, 0.1) is 22.2 Å². The maximum absolute atomic E-state index is 2.59. The predicted octanol–water partition coefficient (Wildman–Crippen LogP) is 6.37. The molecule has 0 radical (unpaired) electrons. The van der Waals surface area contributed by atoms with E-state index in [-0.39, 0.29) is 0 Å². The highest BCUT2D eigenvalue weighted by molar-refractivity contribution is 5.28. The maximum Gasteiger partial charge on any atom is -0.00802 e. The lowest BCUT2D eigenvalue weighted by molar-refractivity contribution is 0.00754. The molecule has 2 aliphatic rings. The normalized spacial score (nSPS) is 35.2. The Kier molecular flexibility index (Phi) is 3.69. The monoisotopic (exact) mass is 262 g/mol. The summed E-state index contributed by atoms with van der Waals surface area (Å²) in [7, 11) is 0. The highest BCUT2D eigenvalue weighted by atomic mass is 14.5. The van der Waals surface area contributed by atoms with E-state index >= 15 is 0 Å². The quantitative estimate of drug-likeness (QED) is 0.482. The minimum Gasteiger partial charge on any atom is -0.0735 e. The van der Waals surface area contributed by atoms with Crippen molar-refractivity contribution in [2.75, 3.05) is 0 Å². The van der Waals surface area contributed by atoms with Crippen molar-refractivity contribution < 1.29 is 0 Å². The number of rotatable bonds is 1. The third kappa shape index (κ3) is 2.78. The summed E-state index contributed by atoms with van der Waals surface area (Å²) in [6.07, 6.45) is 8.32. The van der Waals surface area contributed by atoms with Crippen molar-refractivity contribution in [2.24, 2.45) is 22.2 Å². The van der Waals surface area contributed by atoms with Crippen LogP contribution in [0.4, 0.5) is 0 Å². The maximum atomic E-state index is 2.59. The van der Waals surface area contributed by atoms with Crippen molar-refractivity contribution in [3.8, 4) is 0 Å². The minimum atomic E-state index is 0.420. The van der Waals surface area contributed by atoms with Gasteiger partial charge in [0, 0.05) is 0 Å². The van der Waals surface area contributed by atoms with E-state index in [0.29, 0.717) is 16.2 Å². The molecule has 110 valence electrons. The second kappa shape index (κ2) is 4.64. The van der Waals surface area contributed by atoms with Crippen molar-refractivity contribution in [3.63, 3.8) is 0 Å². The molecule has 1 unspecified atom stereocenters. The second-order valence-electron chi connectivity index (χ2n) is 9.35. The lowest BCUT2D eigenvalue weighted by Crippen LogP contribution is -2.46. The molecule has 1 saturated carbocycles. The van der Waals surface area contributed by atoms with Gasteiger partial charge in [0.05, 0.1) is 0 Å². The fraction of sp³-hybridized carbons (Fsp3) is 0.895. The molecule has 2 aliphatic carbocycles. The van der Waals surface area contributed by atoms with Crippen LogP contribution in [0.25, 0.3) is 0 Å². The Morgan fingerprint density at radius 1 is 1.11 bits per heavy atom. The van der Waals surface area contributed by atoms with E-state index in [2.05, 4.69) is 48.5 Å². The largest absolute Gasteiger partial charge is 0.0735 e. The molecule has 0 heterocycles. The van der Waals surface area contributed by atoms with Gasteiger partial charge in [0.25, 0.3) is 0 Å². The smallest absolute Gasteiger partial charge is 0.00802 e. The summed E-state index contributed by atoms with van der Waals surface area (Å²) in [5.41, 5.74) is 4.98. The Hall–Kier alpha value is -0.260. The second-order valence-corrected chi connectivity index (χ2v) is 9.35. The van der Waals surface area contributed by atoms with Crippen molar-refractivity contribution >= 4 is 0 Å². The van der Waals surface area contributed by atoms with Gasteiger partial charge in [-0.1, -0.05) is 59.1 Å². The lowest BCUT2D eigenvalue weighted by atomic mass is 9.49. The Balaban J connectivity index is 2.40. The van der Waals surface area contributed by atoms with Crippen molar-refractivity contribution in [1.29, 1.82) is 0 Å². The molecule has 19 heavy (non-hydrogen) atoms. The summed E-state index contributed by atoms with van der Waals surface area (Å²) < 4.78 is 0. The molecule has 0 spiro atoms. The zero-order valence-electron chi connectivity index (χ0n) is 14.3. The van der Waals surface area contributed by atoms with E-state index < -0.39 is 0 Å². The Morgan fingerprint density at radius 2 is 1.74 bits per heavy atom. The van der Waals surface area contributed by atoms with Gasteiger partial charge in [0.1, 0.15) is 0 Å². The molecule has 0 bridgehead atoms. The zero-order valence-corrected chi connectivity index (χ0v) is 14.3. The van der Waals surface area contributed by atoms with E-state index in [1.165, 1.54) is 38.5 Å². The summed E-state index contributed by atoms with van der Waals surface area (Å²) in [4.78, 5) is 0. The van der Waals surface area contributed by atoms with Crippen LogP contribution in [0.1, 0.15) is 87.0 Å². The van der Waals surface area contributed by atoms with Gasteiger partial charge in [0.15, 0.2) is 0 Å². The van der Waals surface area contributed by atoms with E-state index in [9.17, 15) is 0 Å². The molecule has 0 saturated heterocycles. The van der Waals surface area contributed by atoms with Gasteiger partial charge < -0.3 is 0 Å². The molecule has 0 aromatic rings. The standard InChI is InChI=1S/C19H34/c1-14-9-10-16-18(5,6)11-8-12-19(16,7)15(14)13-17(2,3)4/h16H,8-13H2,1-7H3/t16?,19-/m0/s1. The SMILES string of the molecule is CC1=C(CC(C)(C)C)[C@]2(C)CCCC(C)(C)C2CC1. The summed E-state index contributed by atoms with van der Waals surface area (Å²) in [6, 6.07) is 0. The minimum absolute atomic E-state index is 0.420. The first-order chi connectivity index (χ1) is 8.56.